The number of halogens is 1. The van der Waals surface area contributed by atoms with Crippen molar-refractivity contribution in [2.24, 2.45) is 23.2 Å². The second-order valence-electron chi connectivity index (χ2n) is 11.2. The highest BCUT2D eigenvalue weighted by atomic mass is 19.1. The molecule has 1 aliphatic carbocycles. The van der Waals surface area contributed by atoms with E-state index in [1.807, 2.05) is 20.8 Å². The number of aliphatic hydroxyl groups excluding tert-OH is 1. The van der Waals surface area contributed by atoms with Gasteiger partial charge in [-0.05, 0) is 54.9 Å². The molecule has 2 N–H and O–H groups in total. The second-order valence-corrected chi connectivity index (χ2v) is 11.2. The quantitative estimate of drug-likeness (QED) is 0.449. The molecule has 1 saturated heterocycles. The molecule has 36 heavy (non-hydrogen) atoms. The van der Waals surface area contributed by atoms with E-state index in [0.29, 0.717) is 48.9 Å². The first-order chi connectivity index (χ1) is 17.1. The molecule has 194 valence electrons. The van der Waals surface area contributed by atoms with Crippen LogP contribution in [0.5, 0.6) is 0 Å². The average Bonchev–Trinajstić information content (AvgIpc) is 3.17. The molecule has 2 aliphatic rings. The fourth-order valence-electron chi connectivity index (χ4n) is 4.97. The third kappa shape index (κ3) is 6.13. The molecule has 2 fully saturated rings. The smallest absolute Gasteiger partial charge is 0.272 e. The highest BCUT2D eigenvalue weighted by Gasteiger charge is 2.32. The molecule has 1 atom stereocenters. The molecule has 8 heteroatoms. The molecular formula is C28H36FN3O4. The summed E-state index contributed by atoms with van der Waals surface area (Å²) in [5, 5.41) is 17.2. The number of aromatic nitrogens is 2. The lowest BCUT2D eigenvalue weighted by atomic mass is 9.77. The Hall–Kier alpha value is -2.76. The SMILES string of the molecule is CC(C)(C)C(CNC(=O)c1nn(CC2CCOCC2)c2c(F)cccc12)C(=O)C#CCC1CC(O)C1. The number of carbonyl (C=O) groups is 2. The maximum atomic E-state index is 14.8. The van der Waals surface area contributed by atoms with Crippen LogP contribution in [0.15, 0.2) is 18.2 Å². The first-order valence-corrected chi connectivity index (χ1v) is 12.8. The van der Waals surface area contributed by atoms with E-state index in [1.165, 1.54) is 6.07 Å². The highest BCUT2D eigenvalue weighted by Crippen LogP contribution is 2.30. The van der Waals surface area contributed by atoms with Gasteiger partial charge in [0, 0.05) is 38.1 Å². The van der Waals surface area contributed by atoms with Crippen molar-refractivity contribution < 1.29 is 23.8 Å². The van der Waals surface area contributed by atoms with E-state index in [-0.39, 0.29) is 24.1 Å². The molecule has 1 aromatic carbocycles. The van der Waals surface area contributed by atoms with Crippen LogP contribution in [0.4, 0.5) is 4.39 Å². The molecular weight excluding hydrogens is 461 g/mol. The van der Waals surface area contributed by atoms with Crippen LogP contribution in [0, 0.1) is 40.8 Å². The molecule has 0 spiro atoms. The van der Waals surface area contributed by atoms with Gasteiger partial charge in [-0.25, -0.2) is 4.39 Å². The summed E-state index contributed by atoms with van der Waals surface area (Å²) in [5.74, 6) is 4.79. The van der Waals surface area contributed by atoms with E-state index in [0.717, 1.165) is 25.7 Å². The molecule has 1 aromatic heterocycles. The number of Topliss-reactive ketones (excluding diaryl/α,β-unsaturated/α-hetero) is 1. The van der Waals surface area contributed by atoms with Gasteiger partial charge in [0.15, 0.2) is 5.69 Å². The molecule has 0 bridgehead atoms. The van der Waals surface area contributed by atoms with Gasteiger partial charge in [-0.3, -0.25) is 14.3 Å². The van der Waals surface area contributed by atoms with Crippen molar-refractivity contribution >= 4 is 22.6 Å². The zero-order valence-corrected chi connectivity index (χ0v) is 21.3. The molecule has 7 nitrogen and oxygen atoms in total. The molecule has 0 radical (unpaired) electrons. The van der Waals surface area contributed by atoms with Crippen molar-refractivity contribution in [1.29, 1.82) is 0 Å². The van der Waals surface area contributed by atoms with Crippen LogP contribution in [-0.2, 0) is 16.1 Å². The number of aliphatic hydroxyl groups is 1. The fourth-order valence-corrected chi connectivity index (χ4v) is 4.97. The van der Waals surface area contributed by atoms with Crippen molar-refractivity contribution in [3.05, 3.63) is 29.7 Å². The molecule has 4 rings (SSSR count). The lowest BCUT2D eigenvalue weighted by Crippen LogP contribution is -2.39. The Labute approximate surface area is 211 Å². The number of hydrogen-bond donors (Lipinski definition) is 2. The van der Waals surface area contributed by atoms with Gasteiger partial charge in [-0.1, -0.05) is 38.8 Å². The second kappa shape index (κ2) is 11.1. The summed E-state index contributed by atoms with van der Waals surface area (Å²) in [6, 6.07) is 4.66. The number of para-hydroxylation sites is 1. The van der Waals surface area contributed by atoms with Crippen molar-refractivity contribution in [2.75, 3.05) is 19.8 Å². The number of fused-ring (bicyclic) bond motifs is 1. The highest BCUT2D eigenvalue weighted by molar-refractivity contribution is 6.05. The normalized spacial score (nSPS) is 21.4. The predicted molar refractivity (Wildman–Crippen MR) is 135 cm³/mol. The molecule has 1 amide bonds. The topological polar surface area (TPSA) is 93.5 Å². The number of rotatable bonds is 7. The van der Waals surface area contributed by atoms with Gasteiger partial charge in [-0.15, -0.1) is 0 Å². The molecule has 1 unspecified atom stereocenters. The van der Waals surface area contributed by atoms with E-state index in [1.54, 1.807) is 16.8 Å². The first-order valence-electron chi connectivity index (χ1n) is 12.8. The monoisotopic (exact) mass is 497 g/mol. The minimum atomic E-state index is -0.506. The van der Waals surface area contributed by atoms with Crippen LogP contribution in [0.1, 0.15) is 63.4 Å². The zero-order chi connectivity index (χ0) is 25.9. The Morgan fingerprint density at radius 1 is 1.25 bits per heavy atom. The number of benzene rings is 1. The van der Waals surface area contributed by atoms with Gasteiger partial charge in [-0.2, -0.15) is 5.10 Å². The number of hydrogen-bond acceptors (Lipinski definition) is 5. The summed E-state index contributed by atoms with van der Waals surface area (Å²) >= 11 is 0. The number of nitrogens with zero attached hydrogens (tertiary/aromatic N) is 2. The van der Waals surface area contributed by atoms with Gasteiger partial charge >= 0.3 is 0 Å². The van der Waals surface area contributed by atoms with E-state index < -0.39 is 23.1 Å². The van der Waals surface area contributed by atoms with E-state index >= 15 is 0 Å². The fraction of sp³-hybridized carbons (Fsp3) is 0.607. The Morgan fingerprint density at radius 3 is 2.64 bits per heavy atom. The summed E-state index contributed by atoms with van der Waals surface area (Å²) in [6.07, 6.45) is 3.56. The minimum Gasteiger partial charge on any atom is -0.393 e. The number of amides is 1. The van der Waals surface area contributed by atoms with Crippen molar-refractivity contribution in [1.82, 2.24) is 15.1 Å². The molecule has 1 saturated carbocycles. The van der Waals surface area contributed by atoms with E-state index in [9.17, 15) is 19.1 Å². The maximum Gasteiger partial charge on any atom is 0.272 e. The Bertz CT molecular complexity index is 1160. The van der Waals surface area contributed by atoms with E-state index in [4.69, 9.17) is 4.74 Å². The number of ketones is 1. The number of carbonyl (C=O) groups excluding carboxylic acids is 2. The van der Waals surface area contributed by atoms with Crippen LogP contribution < -0.4 is 5.32 Å². The van der Waals surface area contributed by atoms with Crippen LogP contribution >= 0.6 is 0 Å². The van der Waals surface area contributed by atoms with Crippen LogP contribution in [0.2, 0.25) is 0 Å². The number of ether oxygens (including phenoxy) is 1. The Balaban J connectivity index is 1.47. The standard InChI is InChI=1S/C28H36FN3O4/c1-28(2,3)22(24(34)9-4-6-19-14-20(33)15-19)16-30-27(35)25-21-7-5-8-23(29)26(21)32(31-25)17-18-10-12-36-13-11-18/h5,7-8,18-20,22,33H,6,10-17H2,1-3H3,(H,30,35). The van der Waals surface area contributed by atoms with Crippen molar-refractivity contribution in [2.45, 2.75) is 65.5 Å². The van der Waals surface area contributed by atoms with Gasteiger partial charge in [0.25, 0.3) is 5.91 Å². The third-order valence-corrected chi connectivity index (χ3v) is 7.35. The largest absolute Gasteiger partial charge is 0.393 e. The predicted octanol–water partition coefficient (Wildman–Crippen LogP) is 3.73. The summed E-state index contributed by atoms with van der Waals surface area (Å²) < 4.78 is 21.8. The summed E-state index contributed by atoms with van der Waals surface area (Å²) in [4.78, 5) is 26.1. The Kier molecular flexibility index (Phi) is 8.11. The van der Waals surface area contributed by atoms with Gasteiger partial charge in [0.05, 0.1) is 12.0 Å². The zero-order valence-electron chi connectivity index (χ0n) is 21.3. The summed E-state index contributed by atoms with van der Waals surface area (Å²) in [6.45, 7) is 7.81. The van der Waals surface area contributed by atoms with Crippen molar-refractivity contribution in [3.8, 4) is 11.8 Å². The first kappa shape index (κ1) is 26.3. The summed E-state index contributed by atoms with van der Waals surface area (Å²) in [7, 11) is 0. The Morgan fingerprint density at radius 2 is 1.97 bits per heavy atom. The average molecular weight is 498 g/mol. The number of nitrogens with one attached hydrogen (secondary N) is 1. The lowest BCUT2D eigenvalue weighted by molar-refractivity contribution is -0.120. The molecule has 1 aliphatic heterocycles. The molecule has 2 aromatic rings. The third-order valence-electron chi connectivity index (χ3n) is 7.35. The van der Waals surface area contributed by atoms with Gasteiger partial charge < -0.3 is 15.2 Å². The minimum absolute atomic E-state index is 0.113. The van der Waals surface area contributed by atoms with Crippen LogP contribution in [0.25, 0.3) is 10.9 Å². The molecule has 2 heterocycles. The summed E-state index contributed by atoms with van der Waals surface area (Å²) in [5.41, 5.74) is 0.0679. The van der Waals surface area contributed by atoms with Gasteiger partial charge in [0.1, 0.15) is 11.3 Å². The van der Waals surface area contributed by atoms with Crippen LogP contribution in [0.3, 0.4) is 0 Å². The van der Waals surface area contributed by atoms with Crippen molar-refractivity contribution in [3.63, 3.8) is 0 Å². The van der Waals surface area contributed by atoms with E-state index in [2.05, 4.69) is 22.3 Å². The van der Waals surface area contributed by atoms with Gasteiger partial charge in [0.2, 0.25) is 5.78 Å². The maximum absolute atomic E-state index is 14.8. The lowest BCUT2D eigenvalue weighted by Gasteiger charge is -2.29. The van der Waals surface area contributed by atoms with Crippen LogP contribution in [-0.4, -0.2) is 52.4 Å².